The third-order valence-electron chi connectivity index (χ3n) is 14.8. The molecule has 0 aliphatic heterocycles. The van der Waals surface area contributed by atoms with Gasteiger partial charge in [-0.15, -0.1) is 0 Å². The quantitative estimate of drug-likeness (QED) is 0.107. The summed E-state index contributed by atoms with van der Waals surface area (Å²) in [4.78, 5) is 13.3. The molecule has 0 aromatic heterocycles. The Balaban J connectivity index is 1.44. The molecule has 2 fully saturated rings. The normalized spacial score (nSPS) is 26.3. The van der Waals surface area contributed by atoms with Gasteiger partial charge >= 0.3 is 0 Å². The van der Waals surface area contributed by atoms with E-state index in [1.54, 1.807) is 0 Å². The van der Waals surface area contributed by atoms with E-state index in [9.17, 15) is 9.90 Å². The van der Waals surface area contributed by atoms with Crippen LogP contribution in [0.1, 0.15) is 131 Å². The van der Waals surface area contributed by atoms with Crippen molar-refractivity contribution < 1.29 is 18.8 Å². The fourth-order valence-electron chi connectivity index (χ4n) is 9.00. The van der Waals surface area contributed by atoms with Gasteiger partial charge in [0.15, 0.2) is 16.6 Å². The van der Waals surface area contributed by atoms with E-state index in [-0.39, 0.29) is 46.1 Å². The molecule has 0 spiro atoms. The monoisotopic (exact) mass is 803 g/mol. The number of allylic oxidation sites excluding steroid dienone is 2. The van der Waals surface area contributed by atoms with Crippen LogP contribution in [-0.4, -0.2) is 45.8 Å². The molecule has 0 radical (unpaired) electrons. The molecule has 314 valence electrons. The summed E-state index contributed by atoms with van der Waals surface area (Å²) < 4.78 is 14.4. The number of aliphatic hydroxyl groups is 1. The molecule has 2 aromatic carbocycles. The summed E-state index contributed by atoms with van der Waals surface area (Å²) in [6, 6.07) is 21.7. The fourth-order valence-corrected chi connectivity index (χ4v) is 11.8. The Morgan fingerprint density at radius 1 is 0.732 bits per heavy atom. The predicted molar refractivity (Wildman–Crippen MR) is 243 cm³/mol. The van der Waals surface area contributed by atoms with E-state index in [2.05, 4.69) is 154 Å². The van der Waals surface area contributed by atoms with E-state index in [4.69, 9.17) is 8.85 Å². The summed E-state index contributed by atoms with van der Waals surface area (Å²) >= 11 is 0. The zero-order valence-corrected chi connectivity index (χ0v) is 39.8. The standard InChI is InChI=1S/C50H82O4Si2/c1-37(27-29-39-21-15-13-16-22-39)28-33-42-38(2)35-46(51)43(42)25-19-20-26-44-45(48(36-47(44)52)54-56(11,12)50(6,7)8)34-32-41(53-55(9,10)49(3,4)5)31-30-40-23-17-14-18-24-40/h13-24,37-38,41-45,47-48,52H,25-36H2,1-12H3/b20-19+/t37-,38+,41-,42-,43+,44+,45+,47-,48+/m0/s1. The Morgan fingerprint density at radius 2 is 1.27 bits per heavy atom. The third kappa shape index (κ3) is 13.3. The van der Waals surface area contributed by atoms with Crippen molar-refractivity contribution in [3.8, 4) is 0 Å². The van der Waals surface area contributed by atoms with E-state index < -0.39 is 16.6 Å². The lowest BCUT2D eigenvalue weighted by molar-refractivity contribution is -0.121. The minimum absolute atomic E-state index is 0.0532. The molecule has 9 atom stereocenters. The SMILES string of the molecule is C[C@@H](CCc1ccccc1)CC[C@H]1[C@H](C)CC(=O)[C@@H]1C/C=C/C[C@@H]1[C@@H](CC[C@H](CCc2ccccc2)O[Si](C)(C)C(C)(C)C)[C@H](O[Si](C)(C)C(C)(C)C)C[C@@H]1O. The van der Waals surface area contributed by atoms with Crippen LogP contribution in [0.3, 0.4) is 0 Å². The maximum Gasteiger partial charge on any atom is 0.192 e. The first kappa shape index (κ1) is 46.8. The molecule has 56 heavy (non-hydrogen) atoms. The number of carbonyl (C=O) groups is 1. The Bertz CT molecular complexity index is 1490. The van der Waals surface area contributed by atoms with E-state index in [0.29, 0.717) is 30.0 Å². The highest BCUT2D eigenvalue weighted by Crippen LogP contribution is 2.46. The van der Waals surface area contributed by atoms with Gasteiger partial charge in [0.1, 0.15) is 5.78 Å². The van der Waals surface area contributed by atoms with Crippen molar-refractivity contribution in [1.82, 2.24) is 0 Å². The number of aryl methyl sites for hydroxylation is 2. The molecule has 1 N–H and O–H groups in total. The summed E-state index contributed by atoms with van der Waals surface area (Å²) in [7, 11) is -4.05. The molecule has 0 saturated heterocycles. The van der Waals surface area contributed by atoms with Crippen LogP contribution in [0.15, 0.2) is 72.8 Å². The first-order valence-electron chi connectivity index (χ1n) is 22.5. The lowest BCUT2D eigenvalue weighted by Crippen LogP contribution is -2.45. The second-order valence-electron chi connectivity index (χ2n) is 21.2. The summed E-state index contributed by atoms with van der Waals surface area (Å²) in [5, 5.41) is 12.0. The lowest BCUT2D eigenvalue weighted by atomic mass is 9.81. The second-order valence-corrected chi connectivity index (χ2v) is 30.7. The third-order valence-corrected chi connectivity index (χ3v) is 23.9. The van der Waals surface area contributed by atoms with Gasteiger partial charge in [-0.2, -0.15) is 0 Å². The number of ketones is 1. The van der Waals surface area contributed by atoms with Gasteiger partial charge in [-0.3, -0.25) is 4.79 Å². The number of Topliss-reactive ketones (excluding diaryl/α,β-unsaturated/α-hetero) is 1. The van der Waals surface area contributed by atoms with Crippen molar-refractivity contribution in [1.29, 1.82) is 0 Å². The lowest BCUT2D eigenvalue weighted by Gasteiger charge is -2.41. The molecule has 2 saturated carbocycles. The first-order valence-corrected chi connectivity index (χ1v) is 28.3. The van der Waals surface area contributed by atoms with Crippen molar-refractivity contribution in [2.45, 2.75) is 187 Å². The number of hydrogen-bond donors (Lipinski definition) is 1. The molecule has 0 heterocycles. The summed E-state index contributed by atoms with van der Waals surface area (Å²) in [5.41, 5.74) is 2.78. The van der Waals surface area contributed by atoms with Crippen molar-refractivity contribution in [3.63, 3.8) is 0 Å². The van der Waals surface area contributed by atoms with Gasteiger partial charge in [0, 0.05) is 18.4 Å². The molecular weight excluding hydrogens is 721 g/mol. The number of benzene rings is 2. The summed E-state index contributed by atoms with van der Waals surface area (Å²) in [6.45, 7) is 28.1. The highest BCUT2D eigenvalue weighted by Gasteiger charge is 2.48. The predicted octanol–water partition coefficient (Wildman–Crippen LogP) is 13.4. The zero-order chi connectivity index (χ0) is 41.3. The van der Waals surface area contributed by atoms with Gasteiger partial charge in [0.25, 0.3) is 0 Å². The highest BCUT2D eigenvalue weighted by molar-refractivity contribution is 6.74. The Kier molecular flexibility index (Phi) is 17.1. The molecular formula is C50H82O4Si2. The van der Waals surface area contributed by atoms with Gasteiger partial charge in [-0.05, 0) is 141 Å². The maximum atomic E-state index is 13.3. The average molecular weight is 803 g/mol. The maximum absolute atomic E-state index is 13.3. The fraction of sp³-hybridized carbons (Fsp3) is 0.700. The minimum Gasteiger partial charge on any atom is -0.414 e. The topological polar surface area (TPSA) is 55.8 Å². The van der Waals surface area contributed by atoms with Crippen LogP contribution in [0.5, 0.6) is 0 Å². The van der Waals surface area contributed by atoms with Crippen LogP contribution in [0.4, 0.5) is 0 Å². The van der Waals surface area contributed by atoms with Crippen LogP contribution in [0.25, 0.3) is 0 Å². The molecule has 6 heteroatoms. The Morgan fingerprint density at radius 3 is 1.84 bits per heavy atom. The van der Waals surface area contributed by atoms with Crippen molar-refractivity contribution >= 4 is 22.4 Å². The minimum atomic E-state index is -2.06. The van der Waals surface area contributed by atoms with E-state index in [0.717, 1.165) is 57.8 Å². The van der Waals surface area contributed by atoms with Gasteiger partial charge in [0.05, 0.1) is 12.2 Å². The molecule has 2 aromatic rings. The second kappa shape index (κ2) is 20.4. The van der Waals surface area contributed by atoms with Crippen LogP contribution >= 0.6 is 0 Å². The smallest absolute Gasteiger partial charge is 0.192 e. The molecule has 2 aliphatic rings. The molecule has 4 nitrogen and oxygen atoms in total. The van der Waals surface area contributed by atoms with Crippen LogP contribution in [0, 0.1) is 35.5 Å². The van der Waals surface area contributed by atoms with Crippen LogP contribution < -0.4 is 0 Å². The van der Waals surface area contributed by atoms with Gasteiger partial charge < -0.3 is 14.0 Å². The molecule has 2 aliphatic carbocycles. The zero-order valence-electron chi connectivity index (χ0n) is 37.8. The number of carbonyl (C=O) groups excluding carboxylic acids is 1. The van der Waals surface area contributed by atoms with Gasteiger partial charge in [-0.1, -0.05) is 135 Å². The first-order chi connectivity index (χ1) is 26.2. The van der Waals surface area contributed by atoms with Crippen molar-refractivity contribution in [2.75, 3.05) is 0 Å². The number of hydrogen-bond acceptors (Lipinski definition) is 4. The molecule has 0 unspecified atom stereocenters. The van der Waals surface area contributed by atoms with Crippen LogP contribution in [-0.2, 0) is 26.5 Å². The Labute approximate surface area is 346 Å². The molecule has 0 bridgehead atoms. The summed E-state index contributed by atoms with van der Waals surface area (Å²) in [5.74, 6) is 2.56. The van der Waals surface area contributed by atoms with Crippen molar-refractivity contribution in [2.24, 2.45) is 35.5 Å². The van der Waals surface area contributed by atoms with Crippen molar-refractivity contribution in [3.05, 3.63) is 83.9 Å². The summed E-state index contributed by atoms with van der Waals surface area (Å²) in [6.07, 6.45) is 16.2. The largest absolute Gasteiger partial charge is 0.414 e. The van der Waals surface area contributed by atoms with Crippen LogP contribution in [0.2, 0.25) is 36.3 Å². The van der Waals surface area contributed by atoms with E-state index >= 15 is 0 Å². The Hall–Kier alpha value is -1.84. The number of rotatable bonds is 20. The van der Waals surface area contributed by atoms with Gasteiger partial charge in [0.2, 0.25) is 0 Å². The van der Waals surface area contributed by atoms with E-state index in [1.807, 2.05) is 0 Å². The number of aliphatic hydroxyl groups excluding tert-OH is 1. The molecule has 4 rings (SSSR count). The highest BCUT2D eigenvalue weighted by atomic mass is 28.4. The van der Waals surface area contributed by atoms with Gasteiger partial charge in [-0.25, -0.2) is 0 Å². The molecule has 0 amide bonds. The average Bonchev–Trinajstić information content (AvgIpc) is 3.56. The van der Waals surface area contributed by atoms with E-state index in [1.165, 1.54) is 24.0 Å².